The zero-order valence-electron chi connectivity index (χ0n) is 20.5. The average Bonchev–Trinajstić information content (AvgIpc) is 3.25. The molecule has 0 spiro atoms. The average molecular weight is 452 g/mol. The Balaban J connectivity index is 1.74. The van der Waals surface area contributed by atoms with Crippen LogP contribution in [0.25, 0.3) is 11.4 Å². The van der Waals surface area contributed by atoms with Crippen LogP contribution in [0.2, 0.25) is 0 Å². The van der Waals surface area contributed by atoms with Crippen molar-refractivity contribution < 1.29 is 18.0 Å². The molecule has 3 N–H and O–H groups in total. The number of aromatic nitrogens is 6. The number of hydrogen-bond donors (Lipinski definition) is 3. The van der Waals surface area contributed by atoms with E-state index in [4.69, 9.17) is 8.85 Å². The number of carbonyl (C=O) groups is 1. The van der Waals surface area contributed by atoms with Crippen LogP contribution in [0, 0.1) is 5.82 Å². The van der Waals surface area contributed by atoms with E-state index in [1.165, 1.54) is 54.6 Å². The first kappa shape index (κ1) is 18.0. The molecule has 12 heteroatoms. The molecular formula is C21H20FN9O2. The van der Waals surface area contributed by atoms with E-state index in [1.54, 1.807) is 13.1 Å². The molecule has 0 saturated heterocycles. The van der Waals surface area contributed by atoms with Crippen LogP contribution in [0.3, 0.4) is 0 Å². The molecule has 0 atom stereocenters. The maximum Gasteiger partial charge on any atom is 0.273 e. The second kappa shape index (κ2) is 9.26. The molecule has 1 aromatic carbocycles. The number of aryl methyl sites for hydroxylation is 1. The van der Waals surface area contributed by atoms with Crippen LogP contribution in [-0.2, 0) is 7.05 Å². The van der Waals surface area contributed by atoms with Crippen molar-refractivity contribution in [2.45, 2.75) is 0 Å². The quantitative estimate of drug-likeness (QED) is 0.387. The lowest BCUT2D eigenvalue weighted by Gasteiger charge is -2.15. The highest BCUT2D eigenvalue weighted by atomic mass is 19.1. The second-order valence-electron chi connectivity index (χ2n) is 6.69. The summed E-state index contributed by atoms with van der Waals surface area (Å²) in [5.41, 5.74) is 0.806. The SMILES string of the molecule is [2H]C([2H])([2H])NC(=O)c1nnc(Nc2ccc(F)cc2)cc1Nc1nccc(-c2ncn(C)n2)c1OC. The first-order valence-electron chi connectivity index (χ1n) is 11.0. The number of halogens is 1. The van der Waals surface area contributed by atoms with E-state index >= 15 is 0 Å². The first-order chi connectivity index (χ1) is 17.1. The topological polar surface area (TPSA) is 132 Å². The van der Waals surface area contributed by atoms with Crippen LogP contribution in [0.15, 0.2) is 48.9 Å². The van der Waals surface area contributed by atoms with Gasteiger partial charge in [0.2, 0.25) is 0 Å². The largest absolute Gasteiger partial charge is 0.492 e. The van der Waals surface area contributed by atoms with Crippen molar-refractivity contribution in [2.75, 3.05) is 24.7 Å². The molecule has 0 aliphatic heterocycles. The van der Waals surface area contributed by atoms with Crippen molar-refractivity contribution >= 4 is 28.9 Å². The minimum Gasteiger partial charge on any atom is -0.492 e. The summed E-state index contributed by atoms with van der Waals surface area (Å²) in [5, 5.41) is 19.9. The molecule has 1 amide bonds. The van der Waals surface area contributed by atoms with E-state index in [2.05, 4.69) is 35.9 Å². The van der Waals surface area contributed by atoms with Crippen LogP contribution in [0.5, 0.6) is 5.75 Å². The van der Waals surface area contributed by atoms with Crippen molar-refractivity contribution in [1.29, 1.82) is 0 Å². The number of amides is 1. The van der Waals surface area contributed by atoms with Crippen molar-refractivity contribution in [1.82, 2.24) is 35.3 Å². The number of nitrogens with zero attached hydrogens (tertiary/aromatic N) is 6. The number of pyridine rings is 1. The Bertz CT molecular complexity index is 1390. The molecule has 4 aromatic rings. The minimum atomic E-state index is -2.75. The zero-order chi connectivity index (χ0) is 25.9. The fourth-order valence-electron chi connectivity index (χ4n) is 2.97. The predicted octanol–water partition coefficient (Wildman–Crippen LogP) is 2.66. The van der Waals surface area contributed by atoms with E-state index < -0.39 is 18.7 Å². The molecule has 33 heavy (non-hydrogen) atoms. The maximum absolute atomic E-state index is 13.3. The third-order valence-electron chi connectivity index (χ3n) is 4.44. The molecule has 11 nitrogen and oxygen atoms in total. The molecular weight excluding hydrogens is 429 g/mol. The Morgan fingerprint density at radius 3 is 2.67 bits per heavy atom. The molecule has 0 bridgehead atoms. The summed E-state index contributed by atoms with van der Waals surface area (Å²) in [7, 11) is 3.15. The fraction of sp³-hybridized carbons (Fsp3) is 0.143. The van der Waals surface area contributed by atoms with E-state index in [0.717, 1.165) is 0 Å². The number of hydrogen-bond acceptors (Lipinski definition) is 9. The van der Waals surface area contributed by atoms with Gasteiger partial charge in [-0.05, 0) is 30.3 Å². The monoisotopic (exact) mass is 452 g/mol. The predicted molar refractivity (Wildman–Crippen MR) is 119 cm³/mol. The third-order valence-corrected chi connectivity index (χ3v) is 4.44. The van der Waals surface area contributed by atoms with E-state index in [1.807, 2.05) is 5.32 Å². The molecule has 0 fully saturated rings. The van der Waals surface area contributed by atoms with Crippen molar-refractivity contribution in [2.24, 2.45) is 7.05 Å². The van der Waals surface area contributed by atoms with Crippen LogP contribution in [-0.4, -0.2) is 49.9 Å². The Morgan fingerprint density at radius 1 is 1.15 bits per heavy atom. The van der Waals surface area contributed by atoms with Gasteiger partial charge in [-0.25, -0.2) is 14.4 Å². The fourth-order valence-corrected chi connectivity index (χ4v) is 2.97. The Kier molecular flexibility index (Phi) is 5.05. The number of methoxy groups -OCH3 is 1. The smallest absolute Gasteiger partial charge is 0.273 e. The van der Waals surface area contributed by atoms with Gasteiger partial charge < -0.3 is 20.7 Å². The molecule has 0 radical (unpaired) electrons. The molecule has 0 saturated carbocycles. The molecule has 0 unspecified atom stereocenters. The lowest BCUT2D eigenvalue weighted by molar-refractivity contribution is 0.0958. The highest BCUT2D eigenvalue weighted by Crippen LogP contribution is 2.35. The van der Waals surface area contributed by atoms with Crippen molar-refractivity contribution in [3.05, 3.63) is 60.4 Å². The van der Waals surface area contributed by atoms with E-state index in [-0.39, 0.29) is 28.8 Å². The molecule has 4 rings (SSSR count). The van der Waals surface area contributed by atoms with E-state index in [9.17, 15) is 9.18 Å². The Labute approximate surface area is 192 Å². The lowest BCUT2D eigenvalue weighted by atomic mass is 10.2. The van der Waals surface area contributed by atoms with Gasteiger partial charge in [0.15, 0.2) is 28.9 Å². The summed E-state index contributed by atoms with van der Waals surface area (Å²) < 4.78 is 42.3. The summed E-state index contributed by atoms with van der Waals surface area (Å²) in [6.45, 7) is -2.75. The van der Waals surface area contributed by atoms with Gasteiger partial charge >= 0.3 is 0 Å². The summed E-state index contributed by atoms with van der Waals surface area (Å²) in [4.78, 5) is 21.2. The highest BCUT2D eigenvalue weighted by molar-refractivity contribution is 5.98. The molecule has 0 aliphatic carbocycles. The third kappa shape index (κ3) is 4.69. The van der Waals surface area contributed by atoms with Gasteiger partial charge in [0.1, 0.15) is 12.1 Å². The second-order valence-corrected chi connectivity index (χ2v) is 6.69. The molecule has 3 heterocycles. The van der Waals surface area contributed by atoms with Gasteiger partial charge in [0.05, 0.1) is 18.4 Å². The molecule has 168 valence electrons. The van der Waals surface area contributed by atoms with Gasteiger partial charge in [0.25, 0.3) is 5.91 Å². The van der Waals surface area contributed by atoms with Crippen LogP contribution in [0.4, 0.5) is 27.4 Å². The number of benzene rings is 1. The summed E-state index contributed by atoms with van der Waals surface area (Å²) in [6, 6.07) is 8.60. The van der Waals surface area contributed by atoms with Crippen LogP contribution in [0.1, 0.15) is 14.6 Å². The van der Waals surface area contributed by atoms with Gasteiger partial charge in [-0.1, -0.05) is 0 Å². The number of ether oxygens (including phenoxy) is 1. The van der Waals surface area contributed by atoms with E-state index in [0.29, 0.717) is 17.1 Å². The Morgan fingerprint density at radius 2 is 1.97 bits per heavy atom. The van der Waals surface area contributed by atoms with Gasteiger partial charge in [-0.3, -0.25) is 9.48 Å². The van der Waals surface area contributed by atoms with Gasteiger partial charge in [-0.2, -0.15) is 5.10 Å². The maximum atomic E-state index is 13.3. The number of rotatable bonds is 7. The highest BCUT2D eigenvalue weighted by Gasteiger charge is 2.20. The Hall–Kier alpha value is -4.61. The van der Waals surface area contributed by atoms with Crippen molar-refractivity contribution in [3.63, 3.8) is 0 Å². The number of nitrogens with one attached hydrogen (secondary N) is 3. The lowest BCUT2D eigenvalue weighted by Crippen LogP contribution is -2.21. The molecule has 3 aromatic heterocycles. The summed E-state index contributed by atoms with van der Waals surface area (Å²) in [6.07, 6.45) is 3.02. The summed E-state index contributed by atoms with van der Waals surface area (Å²) >= 11 is 0. The van der Waals surface area contributed by atoms with Crippen LogP contribution < -0.4 is 20.7 Å². The van der Waals surface area contributed by atoms with Gasteiger partial charge in [0, 0.05) is 36.1 Å². The number of anilines is 4. The summed E-state index contributed by atoms with van der Waals surface area (Å²) in [5.74, 6) is -0.365. The zero-order valence-corrected chi connectivity index (χ0v) is 17.5. The minimum absolute atomic E-state index is 0.0771. The number of carbonyl (C=O) groups excluding carboxylic acids is 1. The standard InChI is InChI=1S/C21H20FN9O2/c1-23-21(32)17-15(10-16(28-29-17)26-13-6-4-12(22)5-7-13)27-20-18(33-3)14(8-9-24-20)19-25-11-31(2)30-19/h4-11H,1-3H3,(H,23,32)(H2,24,26,27,28)/i1D3. The van der Waals surface area contributed by atoms with Crippen LogP contribution >= 0.6 is 0 Å². The first-order valence-corrected chi connectivity index (χ1v) is 9.52. The van der Waals surface area contributed by atoms with Gasteiger partial charge in [-0.15, -0.1) is 10.2 Å². The normalized spacial score (nSPS) is 12.3. The molecule has 0 aliphatic rings. The van der Waals surface area contributed by atoms with Crippen molar-refractivity contribution in [3.8, 4) is 17.1 Å².